The Hall–Kier alpha value is -0.610. The van der Waals surface area contributed by atoms with E-state index < -0.39 is 0 Å². The second-order valence-corrected chi connectivity index (χ2v) is 7.98. The summed E-state index contributed by atoms with van der Waals surface area (Å²) in [5, 5.41) is 6.88. The van der Waals surface area contributed by atoms with Gasteiger partial charge in [-0.25, -0.2) is 0 Å². The molecule has 2 saturated carbocycles. The maximum Gasteiger partial charge on any atom is 0.237 e. The third-order valence-electron chi connectivity index (χ3n) is 6.46. The first-order chi connectivity index (χ1) is 11.2. The largest absolute Gasteiger partial charge is 0.382 e. The van der Waals surface area contributed by atoms with Crippen LogP contribution in [0.1, 0.15) is 71.1 Å². The molecule has 2 aliphatic carbocycles. The summed E-state index contributed by atoms with van der Waals surface area (Å²) >= 11 is 0. The average molecular weight is 322 g/mol. The van der Waals surface area contributed by atoms with Crippen LogP contribution in [0.15, 0.2) is 0 Å². The normalized spacial score (nSPS) is 32.7. The third-order valence-corrected chi connectivity index (χ3v) is 6.46. The van der Waals surface area contributed by atoms with Crippen LogP contribution in [0.2, 0.25) is 0 Å². The number of nitrogens with one attached hydrogen (secondary N) is 2. The Labute approximate surface area is 141 Å². The molecule has 1 saturated heterocycles. The molecule has 0 radical (unpaired) electrons. The van der Waals surface area contributed by atoms with Gasteiger partial charge in [0.15, 0.2) is 0 Å². The first-order valence-electron chi connectivity index (χ1n) is 9.84. The molecule has 0 spiro atoms. The SMILES string of the molecule is CCOCCC1(CNC(=O)C2CC3CCCCC3N2)CCCC1. The Balaban J connectivity index is 1.47. The van der Waals surface area contributed by atoms with Crippen LogP contribution in [0.3, 0.4) is 0 Å². The van der Waals surface area contributed by atoms with Crippen LogP contribution in [-0.4, -0.2) is 37.7 Å². The van der Waals surface area contributed by atoms with E-state index in [0.29, 0.717) is 6.04 Å². The van der Waals surface area contributed by atoms with Crippen molar-refractivity contribution in [2.75, 3.05) is 19.8 Å². The molecule has 3 atom stereocenters. The standard InChI is InChI=1S/C19H34N2O2/c1-2-23-12-11-19(9-5-6-10-19)14-20-18(22)17-13-15-7-3-4-8-16(15)21-17/h15-17,21H,2-14H2,1H3,(H,20,22). The molecule has 0 aromatic carbocycles. The second-order valence-electron chi connectivity index (χ2n) is 7.98. The molecule has 4 nitrogen and oxygen atoms in total. The maximum atomic E-state index is 12.6. The summed E-state index contributed by atoms with van der Waals surface area (Å²) in [6, 6.07) is 0.645. The van der Waals surface area contributed by atoms with Crippen LogP contribution in [0, 0.1) is 11.3 Å². The summed E-state index contributed by atoms with van der Waals surface area (Å²) < 4.78 is 5.57. The Morgan fingerprint density at radius 2 is 2.00 bits per heavy atom. The predicted octanol–water partition coefficient (Wildman–Crippen LogP) is 3.01. The number of fused-ring (bicyclic) bond motifs is 1. The van der Waals surface area contributed by atoms with Crippen molar-refractivity contribution in [1.29, 1.82) is 0 Å². The van der Waals surface area contributed by atoms with Crippen LogP contribution < -0.4 is 10.6 Å². The number of hydrogen-bond donors (Lipinski definition) is 2. The highest BCUT2D eigenvalue weighted by molar-refractivity contribution is 5.82. The number of carbonyl (C=O) groups is 1. The number of hydrogen-bond acceptors (Lipinski definition) is 3. The lowest BCUT2D eigenvalue weighted by Crippen LogP contribution is -2.46. The zero-order valence-corrected chi connectivity index (χ0v) is 14.7. The van der Waals surface area contributed by atoms with Crippen LogP contribution in [0.5, 0.6) is 0 Å². The highest BCUT2D eigenvalue weighted by Gasteiger charge is 2.39. The van der Waals surface area contributed by atoms with E-state index in [2.05, 4.69) is 10.6 Å². The molecule has 3 unspecified atom stereocenters. The number of rotatable bonds is 7. The van der Waals surface area contributed by atoms with Crippen molar-refractivity contribution in [3.05, 3.63) is 0 Å². The summed E-state index contributed by atoms with van der Waals surface area (Å²) in [7, 11) is 0. The Bertz CT molecular complexity index is 379. The fourth-order valence-electron chi connectivity index (χ4n) is 4.99. The fraction of sp³-hybridized carbons (Fsp3) is 0.947. The molecule has 132 valence electrons. The van der Waals surface area contributed by atoms with E-state index in [4.69, 9.17) is 4.74 Å². The molecule has 0 bridgehead atoms. The Morgan fingerprint density at radius 1 is 1.22 bits per heavy atom. The van der Waals surface area contributed by atoms with Gasteiger partial charge in [-0.1, -0.05) is 25.7 Å². The fourth-order valence-corrected chi connectivity index (χ4v) is 4.99. The van der Waals surface area contributed by atoms with Gasteiger partial charge < -0.3 is 15.4 Å². The van der Waals surface area contributed by atoms with Crippen molar-refractivity contribution in [1.82, 2.24) is 10.6 Å². The Morgan fingerprint density at radius 3 is 2.74 bits per heavy atom. The highest BCUT2D eigenvalue weighted by Crippen LogP contribution is 2.40. The lowest BCUT2D eigenvalue weighted by Gasteiger charge is -2.30. The van der Waals surface area contributed by atoms with Gasteiger partial charge in [0.25, 0.3) is 0 Å². The maximum absolute atomic E-state index is 12.6. The second kappa shape index (κ2) is 7.98. The predicted molar refractivity (Wildman–Crippen MR) is 92.3 cm³/mol. The Kier molecular flexibility index (Phi) is 5.97. The molecular weight excluding hydrogens is 288 g/mol. The van der Waals surface area contributed by atoms with Gasteiger partial charge in [-0.05, 0) is 56.8 Å². The minimum absolute atomic E-state index is 0.0495. The molecule has 1 amide bonds. The van der Waals surface area contributed by atoms with E-state index >= 15 is 0 Å². The minimum Gasteiger partial charge on any atom is -0.382 e. The monoisotopic (exact) mass is 322 g/mol. The molecule has 3 aliphatic rings. The van der Waals surface area contributed by atoms with Gasteiger partial charge in [0.1, 0.15) is 0 Å². The van der Waals surface area contributed by atoms with E-state index in [0.717, 1.165) is 38.5 Å². The summed E-state index contributed by atoms with van der Waals surface area (Å²) in [5.41, 5.74) is 0.288. The van der Waals surface area contributed by atoms with E-state index in [1.54, 1.807) is 0 Å². The number of amides is 1. The van der Waals surface area contributed by atoms with Gasteiger partial charge in [0.05, 0.1) is 6.04 Å². The van der Waals surface area contributed by atoms with E-state index in [1.165, 1.54) is 51.4 Å². The van der Waals surface area contributed by atoms with E-state index in [9.17, 15) is 4.79 Å². The van der Waals surface area contributed by atoms with Crippen LogP contribution >= 0.6 is 0 Å². The van der Waals surface area contributed by atoms with Gasteiger partial charge >= 0.3 is 0 Å². The minimum atomic E-state index is 0.0495. The van der Waals surface area contributed by atoms with Crippen molar-refractivity contribution < 1.29 is 9.53 Å². The van der Waals surface area contributed by atoms with Crippen molar-refractivity contribution in [2.45, 2.75) is 83.2 Å². The van der Waals surface area contributed by atoms with Gasteiger partial charge in [0, 0.05) is 25.8 Å². The molecule has 3 fully saturated rings. The number of ether oxygens (including phenoxy) is 1. The first-order valence-corrected chi connectivity index (χ1v) is 9.84. The molecule has 1 heterocycles. The van der Waals surface area contributed by atoms with E-state index in [-0.39, 0.29) is 17.4 Å². The molecule has 23 heavy (non-hydrogen) atoms. The molecule has 0 aromatic heterocycles. The van der Waals surface area contributed by atoms with Gasteiger partial charge in [0.2, 0.25) is 5.91 Å². The molecule has 1 aliphatic heterocycles. The van der Waals surface area contributed by atoms with Crippen LogP contribution in [0.4, 0.5) is 0 Å². The summed E-state index contributed by atoms with van der Waals surface area (Å²) in [4.78, 5) is 12.6. The smallest absolute Gasteiger partial charge is 0.237 e. The lowest BCUT2D eigenvalue weighted by atomic mass is 9.82. The van der Waals surface area contributed by atoms with Gasteiger partial charge in [-0.15, -0.1) is 0 Å². The lowest BCUT2D eigenvalue weighted by molar-refractivity contribution is -0.123. The van der Waals surface area contributed by atoms with Crippen molar-refractivity contribution >= 4 is 5.91 Å². The topological polar surface area (TPSA) is 50.4 Å². The third kappa shape index (κ3) is 4.27. The van der Waals surface area contributed by atoms with Crippen LogP contribution in [0.25, 0.3) is 0 Å². The van der Waals surface area contributed by atoms with Gasteiger partial charge in [-0.2, -0.15) is 0 Å². The first kappa shape index (κ1) is 17.2. The van der Waals surface area contributed by atoms with Gasteiger partial charge in [-0.3, -0.25) is 4.79 Å². The molecular formula is C19H34N2O2. The van der Waals surface area contributed by atoms with Crippen molar-refractivity contribution in [3.63, 3.8) is 0 Å². The summed E-state index contributed by atoms with van der Waals surface area (Å²) in [6.45, 7) is 4.51. The van der Waals surface area contributed by atoms with E-state index in [1.807, 2.05) is 6.92 Å². The van der Waals surface area contributed by atoms with Crippen molar-refractivity contribution in [2.24, 2.45) is 11.3 Å². The molecule has 4 heteroatoms. The molecule has 0 aromatic rings. The molecule has 2 N–H and O–H groups in total. The zero-order valence-electron chi connectivity index (χ0n) is 14.7. The highest BCUT2D eigenvalue weighted by atomic mass is 16.5. The summed E-state index contributed by atoms with van der Waals surface area (Å²) in [5.74, 6) is 0.972. The van der Waals surface area contributed by atoms with Crippen LogP contribution in [-0.2, 0) is 9.53 Å². The number of carbonyl (C=O) groups excluding carboxylic acids is 1. The van der Waals surface area contributed by atoms with Crippen molar-refractivity contribution in [3.8, 4) is 0 Å². The molecule has 3 rings (SSSR count). The summed E-state index contributed by atoms with van der Waals surface area (Å²) in [6.07, 6.45) is 12.4. The zero-order chi connectivity index (χ0) is 16.1. The average Bonchev–Trinajstić information content (AvgIpc) is 3.20. The quantitative estimate of drug-likeness (QED) is 0.709.